The largest absolute Gasteiger partial charge is 0.464 e. The molecule has 0 radical (unpaired) electrons. The van der Waals surface area contributed by atoms with Crippen molar-refractivity contribution in [2.45, 2.75) is 38.3 Å². The summed E-state index contributed by atoms with van der Waals surface area (Å²) in [5.74, 6) is -0.442. The van der Waals surface area contributed by atoms with Gasteiger partial charge in [0.25, 0.3) is 5.91 Å². The third kappa shape index (κ3) is 5.42. The number of nitrogens with zero attached hydrogens (tertiary/aromatic N) is 2. The number of rotatable bonds is 7. The van der Waals surface area contributed by atoms with Gasteiger partial charge in [-0.05, 0) is 62.6 Å². The van der Waals surface area contributed by atoms with Gasteiger partial charge < -0.3 is 19.7 Å². The third-order valence-electron chi connectivity index (χ3n) is 5.72. The topological polar surface area (TPSA) is 88.2 Å². The first-order chi connectivity index (χ1) is 16.0. The van der Waals surface area contributed by atoms with E-state index in [1.54, 1.807) is 17.0 Å². The van der Waals surface area contributed by atoms with Crippen LogP contribution in [0, 0.1) is 0 Å². The minimum atomic E-state index is -0.455. The van der Waals surface area contributed by atoms with Crippen molar-refractivity contribution in [2.75, 3.05) is 36.0 Å². The Kier molecular flexibility index (Phi) is 7.39. The Morgan fingerprint density at radius 1 is 1.18 bits per heavy atom. The number of amides is 2. The van der Waals surface area contributed by atoms with E-state index in [0.717, 1.165) is 31.5 Å². The number of benzene rings is 1. The summed E-state index contributed by atoms with van der Waals surface area (Å²) in [5.41, 5.74) is 1.62. The minimum Gasteiger partial charge on any atom is -0.464 e. The van der Waals surface area contributed by atoms with Gasteiger partial charge in [0.1, 0.15) is 12.1 Å². The number of ether oxygens (including phenoxy) is 2. The predicted molar refractivity (Wildman–Crippen MR) is 127 cm³/mol. The Balaban J connectivity index is 1.36. The van der Waals surface area contributed by atoms with Crippen LogP contribution in [0.1, 0.15) is 35.9 Å². The number of carbonyl (C=O) groups excluding carboxylic acids is 3. The number of esters is 1. The smallest absolute Gasteiger partial charge is 0.414 e. The van der Waals surface area contributed by atoms with Crippen LogP contribution in [0.3, 0.4) is 0 Å². The van der Waals surface area contributed by atoms with Gasteiger partial charge >= 0.3 is 12.1 Å². The lowest BCUT2D eigenvalue weighted by molar-refractivity contribution is -0.145. The number of hydrogen-bond acceptors (Lipinski definition) is 7. The molecule has 2 aliphatic rings. The summed E-state index contributed by atoms with van der Waals surface area (Å²) < 4.78 is 11.2. The van der Waals surface area contributed by atoms with E-state index in [1.165, 1.54) is 11.3 Å². The molecule has 0 spiro atoms. The van der Waals surface area contributed by atoms with E-state index >= 15 is 0 Å². The second kappa shape index (κ2) is 10.4. The van der Waals surface area contributed by atoms with Crippen molar-refractivity contribution in [2.24, 2.45) is 0 Å². The van der Waals surface area contributed by atoms with Gasteiger partial charge in [0.05, 0.1) is 28.9 Å². The predicted octanol–water partition coefficient (Wildman–Crippen LogP) is 4.08. The van der Waals surface area contributed by atoms with Crippen LogP contribution in [0.5, 0.6) is 0 Å². The Morgan fingerprint density at radius 2 is 1.94 bits per heavy atom. The Bertz CT molecular complexity index is 1010. The van der Waals surface area contributed by atoms with E-state index in [1.807, 2.05) is 31.2 Å². The number of cyclic esters (lactones) is 1. The lowest BCUT2D eigenvalue weighted by atomic mass is 10.0. The van der Waals surface area contributed by atoms with Crippen molar-refractivity contribution in [1.82, 2.24) is 5.32 Å². The molecule has 4 rings (SSSR count). The van der Waals surface area contributed by atoms with Gasteiger partial charge in [-0.2, -0.15) is 0 Å². The summed E-state index contributed by atoms with van der Waals surface area (Å²) >= 11 is 7.07. The van der Waals surface area contributed by atoms with E-state index in [0.29, 0.717) is 28.1 Å². The standard InChI is InChI=1S/C23H26ClN3O5S/c1-2-31-22(29)18-5-3-4-12-26(18)15-6-8-16(9-7-15)27-14-17(32-23(27)30)13-25-21(28)19-10-11-20(24)33-19/h6-11,17-18H,2-5,12-14H2,1H3,(H,25,28). The molecule has 3 heterocycles. The van der Waals surface area contributed by atoms with Crippen LogP contribution >= 0.6 is 22.9 Å². The summed E-state index contributed by atoms with van der Waals surface area (Å²) in [5, 5.41) is 2.78. The van der Waals surface area contributed by atoms with Gasteiger partial charge in [-0.1, -0.05) is 11.6 Å². The molecule has 33 heavy (non-hydrogen) atoms. The van der Waals surface area contributed by atoms with Crippen molar-refractivity contribution < 1.29 is 23.9 Å². The van der Waals surface area contributed by atoms with Gasteiger partial charge in [0.2, 0.25) is 0 Å². The first-order valence-corrected chi connectivity index (χ1v) is 12.2. The average Bonchev–Trinajstić information content (AvgIpc) is 3.43. The van der Waals surface area contributed by atoms with E-state index in [-0.39, 0.29) is 24.5 Å². The molecular weight excluding hydrogens is 466 g/mol. The molecule has 0 aliphatic carbocycles. The van der Waals surface area contributed by atoms with Crippen molar-refractivity contribution in [3.05, 3.63) is 45.6 Å². The maximum absolute atomic E-state index is 12.4. The van der Waals surface area contributed by atoms with E-state index < -0.39 is 12.2 Å². The van der Waals surface area contributed by atoms with Gasteiger partial charge in [-0.25, -0.2) is 9.59 Å². The van der Waals surface area contributed by atoms with E-state index in [2.05, 4.69) is 10.2 Å². The van der Waals surface area contributed by atoms with Gasteiger partial charge in [-0.3, -0.25) is 9.69 Å². The zero-order valence-corrected chi connectivity index (χ0v) is 19.9. The normalized spacial score (nSPS) is 20.5. The summed E-state index contributed by atoms with van der Waals surface area (Å²) in [6, 6.07) is 10.6. The first-order valence-electron chi connectivity index (χ1n) is 11.0. The van der Waals surface area contributed by atoms with Crippen molar-refractivity contribution >= 4 is 52.3 Å². The zero-order chi connectivity index (χ0) is 23.4. The highest BCUT2D eigenvalue weighted by Gasteiger charge is 2.33. The van der Waals surface area contributed by atoms with Crippen LogP contribution in [0.15, 0.2) is 36.4 Å². The summed E-state index contributed by atoms with van der Waals surface area (Å²) in [6.07, 6.45) is 1.87. The Hall–Kier alpha value is -2.78. The maximum atomic E-state index is 12.4. The highest BCUT2D eigenvalue weighted by Crippen LogP contribution is 2.29. The van der Waals surface area contributed by atoms with Crippen molar-refractivity contribution in [1.29, 1.82) is 0 Å². The lowest BCUT2D eigenvalue weighted by Gasteiger charge is -2.36. The molecule has 1 N–H and O–H groups in total. The molecule has 2 unspecified atom stereocenters. The molecule has 0 saturated carbocycles. The van der Waals surface area contributed by atoms with Crippen molar-refractivity contribution in [3.8, 4) is 0 Å². The molecule has 1 aromatic heterocycles. The number of piperidine rings is 1. The van der Waals surface area contributed by atoms with Crippen LogP contribution in [0.2, 0.25) is 4.34 Å². The van der Waals surface area contributed by atoms with Gasteiger partial charge in [0, 0.05) is 17.9 Å². The second-order valence-corrected chi connectivity index (χ2v) is 9.62. The first kappa shape index (κ1) is 23.4. The fraction of sp³-hybridized carbons (Fsp3) is 0.435. The molecule has 2 atom stereocenters. The number of halogens is 1. The van der Waals surface area contributed by atoms with Gasteiger partial charge in [0.15, 0.2) is 0 Å². The minimum absolute atomic E-state index is 0.195. The quantitative estimate of drug-likeness (QED) is 0.587. The molecule has 1 aromatic carbocycles. The van der Waals surface area contributed by atoms with E-state index in [4.69, 9.17) is 21.1 Å². The molecule has 2 aliphatic heterocycles. The molecule has 2 aromatic rings. The molecule has 0 bridgehead atoms. The number of hydrogen-bond donors (Lipinski definition) is 1. The molecular formula is C23H26ClN3O5S. The Labute approximate surface area is 201 Å². The van der Waals surface area contributed by atoms with Crippen LogP contribution in [-0.4, -0.2) is 56.4 Å². The second-order valence-electron chi connectivity index (χ2n) is 7.90. The highest BCUT2D eigenvalue weighted by atomic mass is 35.5. The molecule has 10 heteroatoms. The molecule has 2 saturated heterocycles. The summed E-state index contributed by atoms with van der Waals surface area (Å²) in [6.45, 7) is 3.50. The van der Waals surface area contributed by atoms with Crippen LogP contribution < -0.4 is 15.1 Å². The van der Waals surface area contributed by atoms with Gasteiger partial charge in [-0.15, -0.1) is 11.3 Å². The summed E-state index contributed by atoms with van der Waals surface area (Å²) in [4.78, 5) is 41.1. The zero-order valence-electron chi connectivity index (χ0n) is 18.3. The monoisotopic (exact) mass is 491 g/mol. The number of thiophene rings is 1. The number of anilines is 2. The fourth-order valence-corrected chi connectivity index (χ4v) is 5.08. The fourth-order valence-electron chi connectivity index (χ4n) is 4.12. The maximum Gasteiger partial charge on any atom is 0.414 e. The molecule has 176 valence electrons. The number of nitrogens with one attached hydrogen (secondary N) is 1. The molecule has 2 fully saturated rings. The van der Waals surface area contributed by atoms with Crippen LogP contribution in [-0.2, 0) is 14.3 Å². The third-order valence-corrected chi connectivity index (χ3v) is 6.95. The van der Waals surface area contributed by atoms with Crippen molar-refractivity contribution in [3.63, 3.8) is 0 Å². The SMILES string of the molecule is CCOC(=O)C1CCCCN1c1ccc(N2CC(CNC(=O)c3ccc(Cl)s3)OC2=O)cc1. The Morgan fingerprint density at radius 3 is 2.64 bits per heavy atom. The lowest BCUT2D eigenvalue weighted by Crippen LogP contribution is -2.45. The molecule has 8 nitrogen and oxygen atoms in total. The van der Waals surface area contributed by atoms with E-state index in [9.17, 15) is 14.4 Å². The molecule has 2 amide bonds. The van der Waals surface area contributed by atoms with Crippen LogP contribution in [0.25, 0.3) is 0 Å². The van der Waals surface area contributed by atoms with Crippen LogP contribution in [0.4, 0.5) is 16.2 Å². The average molecular weight is 492 g/mol. The number of carbonyl (C=O) groups is 3. The summed E-state index contributed by atoms with van der Waals surface area (Å²) in [7, 11) is 0. The highest BCUT2D eigenvalue weighted by molar-refractivity contribution is 7.18.